The Morgan fingerprint density at radius 3 is 2.25 bits per heavy atom. The molecule has 0 spiro atoms. The number of rotatable bonds is 16. The minimum Gasteiger partial charge on any atom is -0.346 e. The Morgan fingerprint density at radius 1 is 1.08 bits per heavy atom. The standard InChI is InChI=1S/C36H58N6O7S2/c1-12-14-16-23(28(43)31(45)37-18-13-2)38-30(44)27-26-22(36(26,9)10)20-42(27)32(46)29(35(6,7)8)40-33(47)39-24(34(3,4)5)21-41(11)51(48,49)25-17-15-19-50-25/h13,15,17,19,22-24,26-27,29H,2,12,14,16,18,20-21H2,1,3-11H3,(H,37,45)(H,38,44)(H2,39,40,47)/t22-,23?,24+,26-,27-,29+/m0/s1. The van der Waals surface area contributed by atoms with Gasteiger partial charge >= 0.3 is 6.03 Å². The molecule has 5 amide bonds. The molecule has 13 nitrogen and oxygen atoms in total. The number of carbonyl (C=O) groups excluding carboxylic acids is 5. The number of thiophene rings is 1. The van der Waals surface area contributed by atoms with Gasteiger partial charge in [0.05, 0.1) is 6.04 Å². The number of fused-ring (bicyclic) bond motifs is 1. The van der Waals surface area contributed by atoms with Crippen molar-refractivity contribution in [2.45, 2.75) is 110 Å². The van der Waals surface area contributed by atoms with Gasteiger partial charge in [-0.2, -0.15) is 4.31 Å². The molecule has 1 saturated heterocycles. The van der Waals surface area contributed by atoms with Crippen LogP contribution in [0.3, 0.4) is 0 Å². The first-order valence-corrected chi connectivity index (χ1v) is 19.9. The highest BCUT2D eigenvalue weighted by Gasteiger charge is 2.70. The first kappa shape index (κ1) is 42.1. The van der Waals surface area contributed by atoms with E-state index in [1.807, 2.05) is 62.3 Å². The highest BCUT2D eigenvalue weighted by atomic mass is 32.2. The summed E-state index contributed by atoms with van der Waals surface area (Å²) in [5, 5.41) is 12.8. The lowest BCUT2D eigenvalue weighted by Crippen LogP contribution is -2.62. The quantitative estimate of drug-likeness (QED) is 0.148. The smallest absolute Gasteiger partial charge is 0.315 e. The molecular weight excluding hydrogens is 693 g/mol. The van der Waals surface area contributed by atoms with Crippen molar-refractivity contribution in [3.8, 4) is 0 Å². The average molecular weight is 751 g/mol. The van der Waals surface area contributed by atoms with E-state index in [0.29, 0.717) is 13.0 Å². The van der Waals surface area contributed by atoms with Crippen molar-refractivity contribution < 1.29 is 32.4 Å². The molecule has 1 aromatic rings. The van der Waals surface area contributed by atoms with Crippen molar-refractivity contribution in [3.63, 3.8) is 0 Å². The minimum atomic E-state index is -3.78. The Morgan fingerprint density at radius 2 is 1.73 bits per heavy atom. The summed E-state index contributed by atoms with van der Waals surface area (Å²) in [6.07, 6.45) is 3.08. The Bertz CT molecular complexity index is 1560. The van der Waals surface area contributed by atoms with E-state index in [1.165, 1.54) is 28.4 Å². The molecule has 51 heavy (non-hydrogen) atoms. The van der Waals surface area contributed by atoms with Crippen LogP contribution in [0.15, 0.2) is 34.4 Å². The maximum absolute atomic E-state index is 14.4. The summed E-state index contributed by atoms with van der Waals surface area (Å²) in [5.41, 5.74) is -1.56. The SMILES string of the molecule is C=CCNC(=O)C(=O)C(CCCC)NC(=O)[C@@H]1[C@@H]2[C@H](CN1C(=O)[C@@H](NC(=O)N[C@H](CN(C)S(=O)(=O)c1cccs1)C(C)(C)C)C(C)(C)C)C2(C)C. The second-order valence-corrected chi connectivity index (χ2v) is 19.7. The summed E-state index contributed by atoms with van der Waals surface area (Å²) in [7, 11) is -2.31. The number of piperidine rings is 1. The molecule has 1 aliphatic carbocycles. The van der Waals surface area contributed by atoms with Crippen molar-refractivity contribution in [1.29, 1.82) is 0 Å². The number of unbranched alkanes of at least 4 members (excludes halogenated alkanes) is 1. The molecule has 15 heteroatoms. The van der Waals surface area contributed by atoms with E-state index >= 15 is 0 Å². The van der Waals surface area contributed by atoms with Gasteiger partial charge in [-0.25, -0.2) is 13.2 Å². The van der Waals surface area contributed by atoms with Crippen LogP contribution in [0.25, 0.3) is 0 Å². The highest BCUT2D eigenvalue weighted by molar-refractivity contribution is 7.91. The molecule has 0 radical (unpaired) electrons. The van der Waals surface area contributed by atoms with Crippen molar-refractivity contribution >= 4 is 50.9 Å². The van der Waals surface area contributed by atoms with Gasteiger partial charge in [0, 0.05) is 32.7 Å². The lowest BCUT2D eigenvalue weighted by atomic mass is 9.85. The van der Waals surface area contributed by atoms with Gasteiger partial charge in [-0.05, 0) is 45.9 Å². The highest BCUT2D eigenvalue weighted by Crippen LogP contribution is 2.65. The maximum Gasteiger partial charge on any atom is 0.315 e. The number of nitrogens with zero attached hydrogens (tertiary/aromatic N) is 2. The third kappa shape index (κ3) is 9.78. The normalized spacial score (nSPS) is 21.5. The van der Waals surface area contributed by atoms with Gasteiger partial charge in [0.15, 0.2) is 0 Å². The molecule has 0 bridgehead atoms. The summed E-state index contributed by atoms with van der Waals surface area (Å²) >= 11 is 1.11. The van der Waals surface area contributed by atoms with Crippen LogP contribution in [0.5, 0.6) is 0 Å². The number of sulfonamides is 1. The van der Waals surface area contributed by atoms with Crippen LogP contribution in [0.2, 0.25) is 0 Å². The molecule has 6 atom stereocenters. The van der Waals surface area contributed by atoms with E-state index < -0.39 is 74.6 Å². The van der Waals surface area contributed by atoms with Crippen LogP contribution in [0, 0.1) is 28.1 Å². The summed E-state index contributed by atoms with van der Waals surface area (Å²) in [6.45, 7) is 21.1. The zero-order valence-corrected chi connectivity index (χ0v) is 33.4. The molecule has 2 aliphatic rings. The van der Waals surface area contributed by atoms with Gasteiger partial charge < -0.3 is 26.2 Å². The van der Waals surface area contributed by atoms with Gasteiger partial charge in [-0.15, -0.1) is 17.9 Å². The fourth-order valence-electron chi connectivity index (χ4n) is 6.76. The molecule has 2 fully saturated rings. The van der Waals surface area contributed by atoms with Gasteiger partial charge in [-0.1, -0.05) is 87.3 Å². The predicted molar refractivity (Wildman–Crippen MR) is 198 cm³/mol. The van der Waals surface area contributed by atoms with E-state index in [9.17, 15) is 32.4 Å². The van der Waals surface area contributed by atoms with Crippen molar-refractivity contribution in [2.24, 2.45) is 28.1 Å². The number of urea groups is 1. The van der Waals surface area contributed by atoms with E-state index in [2.05, 4.69) is 27.8 Å². The Hall–Kier alpha value is -3.30. The van der Waals surface area contributed by atoms with Gasteiger partial charge in [0.2, 0.25) is 17.6 Å². The number of likely N-dealkylation sites (tertiary alicyclic amines) is 1. The van der Waals surface area contributed by atoms with Crippen molar-refractivity contribution in [3.05, 3.63) is 30.2 Å². The molecular formula is C36H58N6O7S2. The number of likely N-dealkylation sites (N-methyl/N-ethyl adjacent to an activating group) is 1. The summed E-state index contributed by atoms with van der Waals surface area (Å²) < 4.78 is 27.7. The average Bonchev–Trinajstić information content (AvgIpc) is 3.49. The number of ketones is 1. The maximum atomic E-state index is 14.4. The van der Waals surface area contributed by atoms with E-state index in [4.69, 9.17) is 0 Å². The van der Waals surface area contributed by atoms with Crippen molar-refractivity contribution in [2.75, 3.05) is 26.7 Å². The third-order valence-electron chi connectivity index (χ3n) is 10.2. The molecule has 1 saturated carbocycles. The topological polar surface area (TPSA) is 174 Å². The molecule has 2 heterocycles. The minimum absolute atomic E-state index is 0.0123. The van der Waals surface area contributed by atoms with Crippen molar-refractivity contribution in [1.82, 2.24) is 30.5 Å². The van der Waals surface area contributed by atoms with Crippen LogP contribution in [0.1, 0.15) is 81.6 Å². The number of amides is 5. The number of Topliss-reactive ketones (excluding diaryl/α,β-unsaturated/α-hetero) is 1. The number of hydrogen-bond donors (Lipinski definition) is 4. The van der Waals surface area contributed by atoms with Crippen LogP contribution in [-0.4, -0.2) is 98.0 Å². The van der Waals surface area contributed by atoms with Crippen LogP contribution in [0.4, 0.5) is 4.79 Å². The zero-order chi connectivity index (χ0) is 38.7. The first-order valence-electron chi connectivity index (χ1n) is 17.6. The largest absolute Gasteiger partial charge is 0.346 e. The van der Waals surface area contributed by atoms with E-state index in [-0.39, 0.29) is 41.0 Å². The predicted octanol–water partition coefficient (Wildman–Crippen LogP) is 3.53. The van der Waals surface area contributed by atoms with E-state index in [1.54, 1.807) is 11.4 Å². The monoisotopic (exact) mass is 750 g/mol. The Kier molecular flexibility index (Phi) is 13.3. The molecule has 1 unspecified atom stereocenters. The second kappa shape index (κ2) is 16.2. The summed E-state index contributed by atoms with van der Waals surface area (Å²) in [5.74, 6) is -2.64. The summed E-state index contributed by atoms with van der Waals surface area (Å²) in [6, 6.07) is -1.10. The first-order chi connectivity index (χ1) is 23.5. The molecule has 286 valence electrons. The van der Waals surface area contributed by atoms with Gasteiger partial charge in [0.1, 0.15) is 16.3 Å². The zero-order valence-electron chi connectivity index (χ0n) is 31.8. The Labute approximate surface area is 307 Å². The summed E-state index contributed by atoms with van der Waals surface area (Å²) in [4.78, 5) is 69.3. The number of nitrogens with one attached hydrogen (secondary N) is 4. The molecule has 3 rings (SSSR count). The fraction of sp³-hybridized carbons (Fsp3) is 0.694. The third-order valence-corrected chi connectivity index (χ3v) is 13.4. The van der Waals surface area contributed by atoms with Gasteiger partial charge in [-0.3, -0.25) is 19.2 Å². The number of carbonyl (C=O) groups is 5. The lowest BCUT2D eigenvalue weighted by Gasteiger charge is -2.39. The molecule has 0 aromatic carbocycles. The van der Waals surface area contributed by atoms with E-state index in [0.717, 1.165) is 17.8 Å². The van der Waals surface area contributed by atoms with Crippen LogP contribution < -0.4 is 21.3 Å². The lowest BCUT2D eigenvalue weighted by molar-refractivity contribution is -0.145. The van der Waals surface area contributed by atoms with Crippen LogP contribution in [-0.2, 0) is 29.2 Å². The van der Waals surface area contributed by atoms with Crippen LogP contribution >= 0.6 is 11.3 Å². The fourth-order valence-corrected chi connectivity index (χ4v) is 9.14. The molecule has 1 aliphatic heterocycles. The number of hydrogen-bond acceptors (Lipinski definition) is 8. The second-order valence-electron chi connectivity index (χ2n) is 16.5. The molecule has 1 aromatic heterocycles. The Balaban J connectivity index is 1.83. The van der Waals surface area contributed by atoms with Gasteiger partial charge in [0.25, 0.3) is 15.9 Å². The molecule has 4 N–H and O–H groups in total.